The van der Waals surface area contributed by atoms with Crippen molar-refractivity contribution in [1.82, 2.24) is 0 Å². The molecule has 0 amide bonds. The number of aldehydes is 1. The number of carbonyl (C=O) groups is 1. The lowest BCUT2D eigenvalue weighted by molar-refractivity contribution is -0.231. The first-order chi connectivity index (χ1) is 10.6. The molecule has 4 atom stereocenters. The predicted molar refractivity (Wildman–Crippen MR) is 78.9 cm³/mol. The second-order valence-corrected chi connectivity index (χ2v) is 5.85. The summed E-state index contributed by atoms with van der Waals surface area (Å²) in [5.74, 6) is -0.680. The number of ether oxygens (including phenoxy) is 4. The van der Waals surface area contributed by atoms with E-state index in [2.05, 4.69) is 0 Å². The molecular weight excluding hydrogens is 284 g/mol. The fourth-order valence-corrected chi connectivity index (χ4v) is 2.79. The van der Waals surface area contributed by atoms with Gasteiger partial charge in [-0.1, -0.05) is 30.3 Å². The monoisotopic (exact) mass is 304 g/mol. The standard InChI is InChI=1S/C17H20O5/c1-17(2)21-14-13(9-6-10-18)20-16(15(14)22-17)19-11-12-7-4-3-5-8-12/h3-10,13-16H,11H2,1-2H3. The molecule has 0 N–H and O–H groups in total. The van der Waals surface area contributed by atoms with Crippen molar-refractivity contribution >= 4 is 6.29 Å². The molecule has 1 aromatic carbocycles. The first kappa shape index (κ1) is 15.4. The minimum absolute atomic E-state index is 0.271. The van der Waals surface area contributed by atoms with Crippen LogP contribution < -0.4 is 0 Å². The Hall–Kier alpha value is -1.53. The molecule has 3 rings (SSSR count). The van der Waals surface area contributed by atoms with E-state index in [9.17, 15) is 4.79 Å². The molecule has 22 heavy (non-hydrogen) atoms. The van der Waals surface area contributed by atoms with Gasteiger partial charge in [-0.2, -0.15) is 0 Å². The van der Waals surface area contributed by atoms with Crippen molar-refractivity contribution in [3.63, 3.8) is 0 Å². The van der Waals surface area contributed by atoms with Gasteiger partial charge in [-0.15, -0.1) is 0 Å². The first-order valence-electron chi connectivity index (χ1n) is 7.38. The molecular formula is C17H20O5. The van der Waals surface area contributed by atoms with Gasteiger partial charge >= 0.3 is 0 Å². The fourth-order valence-electron chi connectivity index (χ4n) is 2.79. The molecule has 2 saturated heterocycles. The summed E-state index contributed by atoms with van der Waals surface area (Å²) in [6.45, 7) is 4.16. The summed E-state index contributed by atoms with van der Waals surface area (Å²) >= 11 is 0. The van der Waals surface area contributed by atoms with E-state index in [1.807, 2.05) is 44.2 Å². The summed E-state index contributed by atoms with van der Waals surface area (Å²) in [7, 11) is 0. The lowest BCUT2D eigenvalue weighted by atomic mass is 10.1. The molecule has 4 unspecified atom stereocenters. The molecule has 0 saturated carbocycles. The van der Waals surface area contributed by atoms with Crippen LogP contribution in [0.4, 0.5) is 0 Å². The van der Waals surface area contributed by atoms with E-state index < -0.39 is 12.1 Å². The second kappa shape index (κ2) is 6.30. The van der Waals surface area contributed by atoms with Crippen LogP contribution in [0.1, 0.15) is 19.4 Å². The average molecular weight is 304 g/mol. The van der Waals surface area contributed by atoms with E-state index in [1.54, 1.807) is 6.08 Å². The lowest BCUT2D eigenvalue weighted by Crippen LogP contribution is -2.31. The van der Waals surface area contributed by atoms with Gasteiger partial charge in [0.1, 0.15) is 24.6 Å². The van der Waals surface area contributed by atoms with Crippen LogP contribution in [-0.4, -0.2) is 36.7 Å². The highest BCUT2D eigenvalue weighted by molar-refractivity contribution is 5.64. The maximum absolute atomic E-state index is 10.5. The van der Waals surface area contributed by atoms with Gasteiger partial charge in [-0.05, 0) is 31.6 Å². The molecule has 118 valence electrons. The molecule has 0 spiro atoms. The van der Waals surface area contributed by atoms with E-state index in [1.165, 1.54) is 6.08 Å². The highest BCUT2D eigenvalue weighted by Crippen LogP contribution is 2.39. The maximum Gasteiger partial charge on any atom is 0.187 e. The van der Waals surface area contributed by atoms with Crippen molar-refractivity contribution < 1.29 is 23.7 Å². The number of hydrogen-bond acceptors (Lipinski definition) is 5. The van der Waals surface area contributed by atoms with Crippen LogP contribution in [0.3, 0.4) is 0 Å². The summed E-state index contributed by atoms with van der Waals surface area (Å²) < 4.78 is 23.4. The van der Waals surface area contributed by atoms with Crippen LogP contribution in [0.25, 0.3) is 0 Å². The lowest BCUT2D eigenvalue weighted by Gasteiger charge is -2.23. The Kier molecular flexibility index (Phi) is 4.40. The molecule has 0 bridgehead atoms. The zero-order valence-electron chi connectivity index (χ0n) is 12.7. The van der Waals surface area contributed by atoms with Crippen LogP contribution >= 0.6 is 0 Å². The van der Waals surface area contributed by atoms with E-state index >= 15 is 0 Å². The SMILES string of the molecule is CC1(C)OC2C(C=CC=O)OC(OCc3ccccc3)C2O1. The Balaban J connectivity index is 1.68. The summed E-state index contributed by atoms with van der Waals surface area (Å²) in [5.41, 5.74) is 1.06. The van der Waals surface area contributed by atoms with Gasteiger partial charge in [0.2, 0.25) is 0 Å². The highest BCUT2D eigenvalue weighted by Gasteiger charge is 2.55. The molecule has 5 nitrogen and oxygen atoms in total. The van der Waals surface area contributed by atoms with Crippen molar-refractivity contribution in [2.75, 3.05) is 0 Å². The van der Waals surface area contributed by atoms with E-state index in [0.717, 1.165) is 11.8 Å². The molecule has 0 aliphatic carbocycles. The van der Waals surface area contributed by atoms with Crippen LogP contribution in [0.5, 0.6) is 0 Å². The number of fused-ring (bicyclic) bond motifs is 1. The third-order valence-corrected chi connectivity index (χ3v) is 3.68. The zero-order valence-corrected chi connectivity index (χ0v) is 12.7. The molecule has 0 radical (unpaired) electrons. The van der Waals surface area contributed by atoms with Gasteiger partial charge in [0.15, 0.2) is 12.1 Å². The molecule has 2 fully saturated rings. The van der Waals surface area contributed by atoms with Crippen LogP contribution in [0.2, 0.25) is 0 Å². The van der Waals surface area contributed by atoms with E-state index in [0.29, 0.717) is 6.61 Å². The number of benzene rings is 1. The van der Waals surface area contributed by atoms with Crippen LogP contribution in [0, 0.1) is 0 Å². The van der Waals surface area contributed by atoms with Gasteiger partial charge in [0.25, 0.3) is 0 Å². The Morgan fingerprint density at radius 2 is 1.91 bits per heavy atom. The van der Waals surface area contributed by atoms with Crippen molar-refractivity contribution in [1.29, 1.82) is 0 Å². The number of carbonyl (C=O) groups excluding carboxylic acids is 1. The fraction of sp³-hybridized carbons (Fsp3) is 0.471. The Morgan fingerprint density at radius 1 is 1.18 bits per heavy atom. The number of rotatable bonds is 5. The molecule has 0 aromatic heterocycles. The maximum atomic E-state index is 10.5. The third-order valence-electron chi connectivity index (χ3n) is 3.68. The second-order valence-electron chi connectivity index (χ2n) is 5.85. The molecule has 2 heterocycles. The number of allylic oxidation sites excluding steroid dienone is 1. The van der Waals surface area contributed by atoms with Gasteiger partial charge in [0.05, 0.1) is 6.61 Å². The predicted octanol–water partition coefficient (Wildman–Crippen LogP) is 2.20. The van der Waals surface area contributed by atoms with Crippen molar-refractivity contribution in [3.8, 4) is 0 Å². The Morgan fingerprint density at radius 3 is 2.64 bits per heavy atom. The van der Waals surface area contributed by atoms with Gasteiger partial charge in [-0.3, -0.25) is 4.79 Å². The van der Waals surface area contributed by atoms with Gasteiger partial charge in [0, 0.05) is 0 Å². The first-order valence-corrected chi connectivity index (χ1v) is 7.38. The van der Waals surface area contributed by atoms with E-state index in [-0.39, 0.29) is 18.3 Å². The van der Waals surface area contributed by atoms with Crippen LogP contribution in [-0.2, 0) is 30.3 Å². The minimum atomic E-state index is -0.680. The largest absolute Gasteiger partial charge is 0.345 e. The molecule has 2 aliphatic heterocycles. The summed E-state index contributed by atoms with van der Waals surface area (Å²) in [6.07, 6.45) is 2.37. The van der Waals surface area contributed by atoms with Crippen LogP contribution in [0.15, 0.2) is 42.5 Å². The van der Waals surface area contributed by atoms with Crippen molar-refractivity contribution in [3.05, 3.63) is 48.0 Å². The molecule has 5 heteroatoms. The Bertz CT molecular complexity index is 539. The van der Waals surface area contributed by atoms with Crippen molar-refractivity contribution in [2.24, 2.45) is 0 Å². The summed E-state index contributed by atoms with van der Waals surface area (Å²) in [4.78, 5) is 10.5. The van der Waals surface area contributed by atoms with E-state index in [4.69, 9.17) is 18.9 Å². The highest BCUT2D eigenvalue weighted by atomic mass is 16.8. The quantitative estimate of drug-likeness (QED) is 0.616. The smallest absolute Gasteiger partial charge is 0.187 e. The third kappa shape index (κ3) is 3.28. The van der Waals surface area contributed by atoms with Gasteiger partial charge in [-0.25, -0.2) is 0 Å². The minimum Gasteiger partial charge on any atom is -0.345 e. The summed E-state index contributed by atoms with van der Waals surface area (Å²) in [5, 5.41) is 0. The topological polar surface area (TPSA) is 54.0 Å². The normalized spacial score (nSPS) is 33.2. The summed E-state index contributed by atoms with van der Waals surface area (Å²) in [6, 6.07) is 9.87. The molecule has 1 aromatic rings. The average Bonchev–Trinajstić information content (AvgIpc) is 2.98. The van der Waals surface area contributed by atoms with Crippen molar-refractivity contribution in [2.45, 2.75) is 50.8 Å². The zero-order chi connectivity index (χ0) is 15.6. The molecule has 2 aliphatic rings. The number of hydrogen-bond donors (Lipinski definition) is 0. The Labute approximate surface area is 129 Å². The van der Waals surface area contributed by atoms with Gasteiger partial charge < -0.3 is 18.9 Å².